The lowest BCUT2D eigenvalue weighted by atomic mass is 10.2. The van der Waals surface area contributed by atoms with Crippen molar-refractivity contribution in [3.05, 3.63) is 57.6 Å². The molecule has 1 atom stereocenters. The van der Waals surface area contributed by atoms with Crippen LogP contribution in [-0.4, -0.2) is 23.0 Å². The summed E-state index contributed by atoms with van der Waals surface area (Å²) >= 11 is 11.4. The molecule has 1 aromatic heterocycles. The van der Waals surface area contributed by atoms with Crippen LogP contribution in [0.1, 0.15) is 17.4 Å². The Morgan fingerprint density at radius 1 is 1.12 bits per heavy atom. The molecule has 1 amide bonds. The molecular weight excluding hydrogens is 384 g/mol. The lowest BCUT2D eigenvalue weighted by molar-refractivity contribution is -0.123. The van der Waals surface area contributed by atoms with Crippen LogP contribution in [0.2, 0.25) is 10.2 Å². The second-order valence-electron chi connectivity index (χ2n) is 4.72. The van der Waals surface area contributed by atoms with E-state index in [1.165, 1.54) is 19.1 Å². The van der Waals surface area contributed by atoms with Gasteiger partial charge in [0, 0.05) is 0 Å². The molecule has 0 aliphatic heterocycles. The second-order valence-corrected chi connectivity index (χ2v) is 5.52. The van der Waals surface area contributed by atoms with E-state index in [9.17, 15) is 22.8 Å². The van der Waals surface area contributed by atoms with Crippen molar-refractivity contribution < 1.29 is 27.5 Å². The van der Waals surface area contributed by atoms with Gasteiger partial charge >= 0.3 is 5.97 Å². The Balaban J connectivity index is 2.09. The van der Waals surface area contributed by atoms with Gasteiger partial charge in [0.15, 0.2) is 29.2 Å². The molecule has 0 radical (unpaired) electrons. The molecule has 0 fully saturated rings. The summed E-state index contributed by atoms with van der Waals surface area (Å²) in [5.41, 5.74) is -0.918. The minimum absolute atomic E-state index is 0.0164. The first kappa shape index (κ1) is 19.0. The third kappa shape index (κ3) is 4.40. The summed E-state index contributed by atoms with van der Waals surface area (Å²) in [4.78, 5) is 27.6. The Labute approximate surface area is 149 Å². The second kappa shape index (κ2) is 7.71. The van der Waals surface area contributed by atoms with E-state index in [1.54, 1.807) is 0 Å². The number of nitrogens with one attached hydrogen (secondary N) is 1. The minimum atomic E-state index is -1.74. The van der Waals surface area contributed by atoms with E-state index in [0.717, 1.165) is 6.07 Å². The van der Waals surface area contributed by atoms with E-state index >= 15 is 0 Å². The van der Waals surface area contributed by atoms with E-state index in [2.05, 4.69) is 4.98 Å². The molecule has 1 heterocycles. The summed E-state index contributed by atoms with van der Waals surface area (Å²) in [6.07, 6.45) is -1.41. The summed E-state index contributed by atoms with van der Waals surface area (Å²) in [5.74, 6) is -6.74. The number of esters is 1. The highest BCUT2D eigenvalue weighted by Gasteiger charge is 2.23. The van der Waals surface area contributed by atoms with Gasteiger partial charge in [0.1, 0.15) is 5.15 Å². The number of rotatable bonds is 4. The quantitative estimate of drug-likeness (QED) is 0.485. The SMILES string of the molecule is C[C@@H](OC(=O)c1nc(Cl)ccc1Cl)C(=O)Nc1ccc(F)c(F)c1F. The zero-order chi connectivity index (χ0) is 18.7. The molecule has 5 nitrogen and oxygen atoms in total. The van der Waals surface area contributed by atoms with Gasteiger partial charge in [-0.15, -0.1) is 0 Å². The van der Waals surface area contributed by atoms with Crippen LogP contribution < -0.4 is 5.32 Å². The first-order chi connectivity index (χ1) is 11.7. The van der Waals surface area contributed by atoms with E-state index in [1.807, 2.05) is 5.32 Å². The molecule has 0 bridgehead atoms. The number of amides is 1. The summed E-state index contributed by atoms with van der Waals surface area (Å²) in [7, 11) is 0. The fourth-order valence-electron chi connectivity index (χ4n) is 1.69. The molecule has 0 unspecified atom stereocenters. The summed E-state index contributed by atoms with van der Waals surface area (Å²) < 4.78 is 44.4. The summed E-state index contributed by atoms with van der Waals surface area (Å²) in [6.45, 7) is 1.18. The first-order valence-corrected chi connectivity index (χ1v) is 7.43. The maximum absolute atomic E-state index is 13.5. The van der Waals surface area contributed by atoms with Crippen LogP contribution in [0.5, 0.6) is 0 Å². The van der Waals surface area contributed by atoms with Crippen LogP contribution >= 0.6 is 23.2 Å². The third-order valence-electron chi connectivity index (χ3n) is 2.95. The molecule has 0 spiro atoms. The Bertz CT molecular complexity index is 849. The maximum Gasteiger partial charge on any atom is 0.359 e. The van der Waals surface area contributed by atoms with Crippen molar-refractivity contribution in [3.63, 3.8) is 0 Å². The highest BCUT2D eigenvalue weighted by molar-refractivity contribution is 6.34. The van der Waals surface area contributed by atoms with E-state index in [-0.39, 0.29) is 15.9 Å². The smallest absolute Gasteiger partial charge is 0.359 e. The Morgan fingerprint density at radius 2 is 1.80 bits per heavy atom. The number of ether oxygens (including phenoxy) is 1. The Morgan fingerprint density at radius 3 is 2.48 bits per heavy atom. The predicted octanol–water partition coefficient (Wildman–Crippen LogP) is 3.99. The Hall–Kier alpha value is -2.32. The lowest BCUT2D eigenvalue weighted by Crippen LogP contribution is -2.30. The van der Waals surface area contributed by atoms with Gasteiger partial charge in [-0.2, -0.15) is 0 Å². The Kier molecular flexibility index (Phi) is 5.86. The van der Waals surface area contributed by atoms with Crippen LogP contribution in [0.25, 0.3) is 0 Å². The van der Waals surface area contributed by atoms with E-state index in [4.69, 9.17) is 27.9 Å². The fraction of sp³-hybridized carbons (Fsp3) is 0.133. The zero-order valence-electron chi connectivity index (χ0n) is 12.4. The number of carbonyl (C=O) groups excluding carboxylic acids is 2. The molecule has 0 aliphatic carbocycles. The molecule has 0 aliphatic rings. The number of benzene rings is 1. The van der Waals surface area contributed by atoms with Crippen LogP contribution in [0.15, 0.2) is 24.3 Å². The first-order valence-electron chi connectivity index (χ1n) is 6.68. The van der Waals surface area contributed by atoms with Crippen LogP contribution in [-0.2, 0) is 9.53 Å². The highest BCUT2D eigenvalue weighted by atomic mass is 35.5. The maximum atomic E-state index is 13.5. The van der Waals surface area contributed by atoms with Crippen molar-refractivity contribution in [1.29, 1.82) is 0 Å². The van der Waals surface area contributed by atoms with Crippen molar-refractivity contribution in [3.8, 4) is 0 Å². The molecule has 25 heavy (non-hydrogen) atoms. The van der Waals surface area contributed by atoms with Gasteiger partial charge in [-0.05, 0) is 31.2 Å². The average molecular weight is 393 g/mol. The van der Waals surface area contributed by atoms with Crippen molar-refractivity contribution >= 4 is 40.8 Å². The summed E-state index contributed by atoms with van der Waals surface area (Å²) in [6, 6.07) is 4.13. The van der Waals surface area contributed by atoms with Crippen molar-refractivity contribution in [1.82, 2.24) is 4.98 Å². The summed E-state index contributed by atoms with van der Waals surface area (Å²) in [5, 5.41) is 1.92. The number of carbonyl (C=O) groups is 2. The van der Waals surface area contributed by atoms with Crippen molar-refractivity contribution in [2.45, 2.75) is 13.0 Å². The number of anilines is 1. The molecule has 132 valence electrons. The van der Waals surface area contributed by atoms with E-state index in [0.29, 0.717) is 6.07 Å². The highest BCUT2D eigenvalue weighted by Crippen LogP contribution is 2.21. The molecular formula is C15H9Cl2F3N2O3. The topological polar surface area (TPSA) is 68.3 Å². The zero-order valence-corrected chi connectivity index (χ0v) is 14.0. The van der Waals surface area contributed by atoms with Crippen LogP contribution in [0.4, 0.5) is 18.9 Å². The van der Waals surface area contributed by atoms with Gasteiger partial charge in [-0.1, -0.05) is 23.2 Å². The van der Waals surface area contributed by atoms with Crippen LogP contribution in [0, 0.1) is 17.5 Å². The molecule has 1 aromatic carbocycles. The van der Waals surface area contributed by atoms with Crippen LogP contribution in [0.3, 0.4) is 0 Å². The van der Waals surface area contributed by atoms with E-state index < -0.39 is 41.1 Å². The standard InChI is InChI=1S/C15H9Cl2F3N2O3/c1-6(25-15(24)13-7(16)2-5-10(17)22-13)14(23)21-9-4-3-8(18)11(19)12(9)20/h2-6H,1H3,(H,21,23)/t6-/m1/s1. The minimum Gasteiger partial charge on any atom is -0.448 e. The lowest BCUT2D eigenvalue weighted by Gasteiger charge is -2.14. The van der Waals surface area contributed by atoms with Gasteiger partial charge in [0.2, 0.25) is 0 Å². The molecule has 10 heteroatoms. The van der Waals surface area contributed by atoms with Gasteiger partial charge in [-0.3, -0.25) is 4.79 Å². The monoisotopic (exact) mass is 392 g/mol. The molecule has 1 N–H and O–H groups in total. The van der Waals surface area contributed by atoms with Gasteiger partial charge in [0.05, 0.1) is 10.7 Å². The number of hydrogen-bond acceptors (Lipinski definition) is 4. The van der Waals surface area contributed by atoms with Gasteiger partial charge in [0.25, 0.3) is 5.91 Å². The third-order valence-corrected chi connectivity index (χ3v) is 3.47. The normalized spacial score (nSPS) is 11.8. The molecule has 0 saturated heterocycles. The average Bonchev–Trinajstić information content (AvgIpc) is 2.57. The predicted molar refractivity (Wildman–Crippen MR) is 84.1 cm³/mol. The largest absolute Gasteiger partial charge is 0.448 e. The van der Waals surface area contributed by atoms with Gasteiger partial charge in [-0.25, -0.2) is 22.9 Å². The number of nitrogens with zero attached hydrogens (tertiary/aromatic N) is 1. The molecule has 0 saturated carbocycles. The number of pyridine rings is 1. The number of halogens is 5. The van der Waals surface area contributed by atoms with Crippen molar-refractivity contribution in [2.75, 3.05) is 5.32 Å². The molecule has 2 rings (SSSR count). The molecule has 2 aromatic rings. The number of hydrogen-bond donors (Lipinski definition) is 1. The number of aromatic nitrogens is 1. The van der Waals surface area contributed by atoms with Gasteiger partial charge < -0.3 is 10.1 Å². The van der Waals surface area contributed by atoms with Crippen molar-refractivity contribution in [2.24, 2.45) is 0 Å². The fourth-order valence-corrected chi connectivity index (χ4v) is 2.02.